The van der Waals surface area contributed by atoms with Crippen LogP contribution in [-0.4, -0.2) is 72.0 Å². The van der Waals surface area contributed by atoms with Crippen molar-refractivity contribution in [3.63, 3.8) is 0 Å². The number of benzene rings is 2. The van der Waals surface area contributed by atoms with Crippen LogP contribution in [0.2, 0.25) is 0 Å². The van der Waals surface area contributed by atoms with Crippen molar-refractivity contribution in [3.05, 3.63) is 78.6 Å². The van der Waals surface area contributed by atoms with Gasteiger partial charge in [0.1, 0.15) is 18.2 Å². The van der Waals surface area contributed by atoms with Gasteiger partial charge in [-0.3, -0.25) is 0 Å². The second kappa shape index (κ2) is 13.9. The number of anilines is 1. The van der Waals surface area contributed by atoms with Crippen molar-refractivity contribution in [1.29, 1.82) is 0 Å². The molecule has 4 aromatic rings. The van der Waals surface area contributed by atoms with Crippen LogP contribution in [0.4, 0.5) is 10.7 Å². The van der Waals surface area contributed by atoms with Crippen molar-refractivity contribution in [2.45, 2.75) is 57.2 Å². The Balaban J connectivity index is 1.02. The smallest absolute Gasteiger partial charge is 0.410 e. The van der Waals surface area contributed by atoms with Crippen LogP contribution in [0, 0.1) is 5.92 Å². The number of aromatic nitrogens is 3. The van der Waals surface area contributed by atoms with Crippen LogP contribution >= 0.6 is 0 Å². The maximum atomic E-state index is 12.5. The lowest BCUT2D eigenvalue weighted by atomic mass is 9.92. The van der Waals surface area contributed by atoms with Gasteiger partial charge in [-0.1, -0.05) is 36.4 Å². The van der Waals surface area contributed by atoms with Gasteiger partial charge in [0.2, 0.25) is 16.0 Å². The normalized spacial score (nSPS) is 19.4. The Morgan fingerprint density at radius 2 is 1.69 bits per heavy atom. The van der Waals surface area contributed by atoms with Crippen molar-refractivity contribution < 1.29 is 22.7 Å². The Morgan fingerprint density at radius 3 is 2.44 bits per heavy atom. The van der Waals surface area contributed by atoms with Gasteiger partial charge >= 0.3 is 6.09 Å². The molecule has 1 amide bonds. The molecule has 0 atom stereocenters. The maximum absolute atomic E-state index is 12.5. The molecule has 1 aliphatic carbocycles. The van der Waals surface area contributed by atoms with Crippen LogP contribution in [0.15, 0.2) is 73.1 Å². The van der Waals surface area contributed by atoms with Crippen LogP contribution in [0.1, 0.15) is 44.1 Å². The quantitative estimate of drug-likeness (QED) is 0.247. The van der Waals surface area contributed by atoms with E-state index in [-0.39, 0.29) is 24.8 Å². The van der Waals surface area contributed by atoms with E-state index >= 15 is 0 Å². The Kier molecular flexibility index (Phi) is 9.50. The summed E-state index contributed by atoms with van der Waals surface area (Å²) in [6.45, 7) is 2.18. The number of nitrogens with zero attached hydrogens (tertiary/aromatic N) is 4. The summed E-state index contributed by atoms with van der Waals surface area (Å²) in [6.07, 6.45) is 9.64. The zero-order valence-electron chi connectivity index (χ0n) is 25.5. The molecule has 2 fully saturated rings. The molecule has 2 aromatic heterocycles. The second-order valence-corrected chi connectivity index (χ2v) is 13.8. The van der Waals surface area contributed by atoms with Gasteiger partial charge in [-0.05, 0) is 74.3 Å². The third-order valence-corrected chi connectivity index (χ3v) is 9.34. The predicted molar refractivity (Wildman–Crippen MR) is 173 cm³/mol. The van der Waals surface area contributed by atoms with Gasteiger partial charge in [0.05, 0.1) is 18.4 Å². The minimum Gasteiger partial charge on any atom is -0.493 e. The first-order valence-corrected chi connectivity index (χ1v) is 17.5. The molecule has 2 aliphatic rings. The average Bonchev–Trinajstić information content (AvgIpc) is 3.49. The number of nitrogens with one attached hydrogen (secondary N) is 2. The van der Waals surface area contributed by atoms with Crippen molar-refractivity contribution in [2.24, 2.45) is 5.92 Å². The number of carbonyl (C=O) groups is 1. The average molecular weight is 633 g/mol. The third kappa shape index (κ3) is 8.12. The number of carbonyl (C=O) groups excluding carboxylic acids is 1. The summed E-state index contributed by atoms with van der Waals surface area (Å²) in [6, 6.07) is 19.8. The molecule has 238 valence electrons. The summed E-state index contributed by atoms with van der Waals surface area (Å²) in [5.74, 6) is 2.48. The van der Waals surface area contributed by atoms with E-state index in [1.54, 1.807) is 11.1 Å². The van der Waals surface area contributed by atoms with Crippen LogP contribution in [0.3, 0.4) is 0 Å². The van der Waals surface area contributed by atoms with E-state index in [9.17, 15) is 13.2 Å². The van der Waals surface area contributed by atoms with E-state index in [2.05, 4.69) is 15.0 Å². The SMILES string of the molecule is CS(=O)(=O)NC1CCC(Nc2nccc(-n3ccc4c(OCC5CCN(C(=O)OCc6ccccc6)CC5)cccc43)n2)CC1. The first-order chi connectivity index (χ1) is 21.8. The number of fused-ring (bicyclic) bond motifs is 1. The molecule has 45 heavy (non-hydrogen) atoms. The van der Waals surface area contributed by atoms with Gasteiger partial charge in [-0.2, -0.15) is 4.98 Å². The van der Waals surface area contributed by atoms with Gasteiger partial charge < -0.3 is 24.3 Å². The molecule has 1 saturated heterocycles. The lowest BCUT2D eigenvalue weighted by molar-refractivity contribution is 0.0762. The number of hydrogen-bond donors (Lipinski definition) is 2. The van der Waals surface area contributed by atoms with Crippen molar-refractivity contribution >= 4 is 33.0 Å². The number of likely N-dealkylation sites (tertiary alicyclic amines) is 1. The van der Waals surface area contributed by atoms with Gasteiger partial charge in [0.15, 0.2) is 0 Å². The van der Waals surface area contributed by atoms with Gasteiger partial charge in [0, 0.05) is 43.0 Å². The van der Waals surface area contributed by atoms with E-state index in [1.165, 1.54) is 6.26 Å². The molecule has 11 nitrogen and oxygen atoms in total. The summed E-state index contributed by atoms with van der Waals surface area (Å²) in [5.41, 5.74) is 1.97. The molecule has 0 unspecified atom stereocenters. The Labute approximate surface area is 264 Å². The Bertz CT molecular complexity index is 1700. The van der Waals surface area contributed by atoms with E-state index in [0.29, 0.717) is 31.6 Å². The Hall–Kier alpha value is -4.16. The topological polar surface area (TPSA) is 128 Å². The summed E-state index contributed by atoms with van der Waals surface area (Å²) in [4.78, 5) is 23.5. The van der Waals surface area contributed by atoms with E-state index in [0.717, 1.165) is 66.6 Å². The summed E-state index contributed by atoms with van der Waals surface area (Å²) < 4.78 is 39.7. The fourth-order valence-corrected chi connectivity index (χ4v) is 7.00. The maximum Gasteiger partial charge on any atom is 0.410 e. The molecular formula is C33H40N6O5S. The predicted octanol–water partition coefficient (Wildman–Crippen LogP) is 5.12. The standard InChI is InChI=1S/C33H40N6O5S/c1-45(41,42)37-27-12-10-26(11-13-27)35-32-34-18-14-31(36-32)39-21-17-28-29(39)8-5-9-30(28)43-22-25-15-19-38(20-16-25)33(40)44-23-24-6-3-2-4-7-24/h2-9,14,17-18,21,25-27,37H,10-13,15-16,19-20,22-23H2,1H3,(H,34,35,36). The molecule has 2 N–H and O–H groups in total. The molecule has 0 spiro atoms. The van der Waals surface area contributed by atoms with Crippen molar-refractivity contribution in [2.75, 3.05) is 31.3 Å². The third-order valence-electron chi connectivity index (χ3n) is 8.57. The minimum atomic E-state index is -3.20. The molecule has 1 aliphatic heterocycles. The highest BCUT2D eigenvalue weighted by Crippen LogP contribution is 2.30. The molecule has 0 bridgehead atoms. The highest BCUT2D eigenvalue weighted by Gasteiger charge is 2.25. The second-order valence-electron chi connectivity index (χ2n) is 12.0. The highest BCUT2D eigenvalue weighted by molar-refractivity contribution is 7.88. The number of amides is 1. The van der Waals surface area contributed by atoms with Crippen LogP contribution in [0.25, 0.3) is 16.7 Å². The van der Waals surface area contributed by atoms with Crippen LogP contribution in [0.5, 0.6) is 5.75 Å². The summed E-state index contributed by atoms with van der Waals surface area (Å²) in [7, 11) is -3.20. The number of rotatable bonds is 10. The molecule has 3 heterocycles. The number of ether oxygens (including phenoxy) is 2. The zero-order chi connectivity index (χ0) is 31.2. The van der Waals surface area contributed by atoms with Gasteiger partial charge in [0.25, 0.3) is 0 Å². The van der Waals surface area contributed by atoms with E-state index in [1.807, 2.05) is 71.4 Å². The zero-order valence-corrected chi connectivity index (χ0v) is 26.3. The monoisotopic (exact) mass is 632 g/mol. The lowest BCUT2D eigenvalue weighted by Gasteiger charge is -2.31. The molecule has 0 radical (unpaired) electrons. The first kappa shape index (κ1) is 30.8. The largest absolute Gasteiger partial charge is 0.493 e. The summed E-state index contributed by atoms with van der Waals surface area (Å²) >= 11 is 0. The van der Waals surface area contributed by atoms with Crippen molar-refractivity contribution in [1.82, 2.24) is 24.2 Å². The van der Waals surface area contributed by atoms with Gasteiger partial charge in [-0.15, -0.1) is 0 Å². The molecule has 6 rings (SSSR count). The van der Waals surface area contributed by atoms with Crippen LogP contribution < -0.4 is 14.8 Å². The fourth-order valence-electron chi connectivity index (χ4n) is 6.16. The first-order valence-electron chi connectivity index (χ1n) is 15.6. The van der Waals surface area contributed by atoms with Crippen molar-refractivity contribution in [3.8, 4) is 11.6 Å². The molecule has 1 saturated carbocycles. The Morgan fingerprint density at radius 1 is 0.933 bits per heavy atom. The molecule has 12 heteroatoms. The highest BCUT2D eigenvalue weighted by atomic mass is 32.2. The fraction of sp³-hybridized carbons (Fsp3) is 0.424. The van der Waals surface area contributed by atoms with Gasteiger partial charge in [-0.25, -0.2) is 22.9 Å². The number of hydrogen-bond acceptors (Lipinski definition) is 8. The molecular weight excluding hydrogens is 592 g/mol. The number of sulfonamides is 1. The molecule has 2 aromatic carbocycles. The van der Waals surface area contributed by atoms with E-state index < -0.39 is 10.0 Å². The number of piperidine rings is 1. The van der Waals surface area contributed by atoms with E-state index in [4.69, 9.17) is 14.5 Å². The minimum absolute atomic E-state index is 0.0188. The lowest BCUT2D eigenvalue weighted by Crippen LogP contribution is -2.39. The summed E-state index contributed by atoms with van der Waals surface area (Å²) in [5, 5.41) is 4.44. The van der Waals surface area contributed by atoms with Crippen LogP contribution in [-0.2, 0) is 21.4 Å².